The number of carbonyl (C=O) groups excluding carboxylic acids is 1. The highest BCUT2D eigenvalue weighted by atomic mass is 79.9. The van der Waals surface area contributed by atoms with E-state index >= 15 is 0 Å². The maximum Gasteiger partial charge on any atom is 0.341 e. The fraction of sp³-hybridized carbons (Fsp3) is 0.400. The molecular weight excluding hydrogens is 298 g/mol. The molecule has 0 radical (unpaired) electrons. The third-order valence-electron chi connectivity index (χ3n) is 2.01. The Morgan fingerprint density at radius 1 is 1.65 bits per heavy atom. The lowest BCUT2D eigenvalue weighted by molar-refractivity contribution is 0.0526. The van der Waals surface area contributed by atoms with E-state index in [1.807, 2.05) is 0 Å². The van der Waals surface area contributed by atoms with Crippen molar-refractivity contribution in [1.82, 2.24) is 4.98 Å². The molecule has 0 unspecified atom stereocenters. The number of nitrogens with two attached hydrogens (primary N) is 1. The van der Waals surface area contributed by atoms with Crippen molar-refractivity contribution in [3.63, 3.8) is 0 Å². The number of alkyl halides is 3. The van der Waals surface area contributed by atoms with Crippen LogP contribution in [0.3, 0.4) is 0 Å². The highest BCUT2D eigenvalue weighted by molar-refractivity contribution is 9.08. The molecule has 2 N–H and O–H groups in total. The number of nitrogen functional groups attached to an aromatic ring is 1. The molecule has 1 heterocycles. The van der Waals surface area contributed by atoms with Crippen molar-refractivity contribution in [1.29, 1.82) is 0 Å². The van der Waals surface area contributed by atoms with Gasteiger partial charge in [-0.2, -0.15) is 0 Å². The van der Waals surface area contributed by atoms with Crippen molar-refractivity contribution in [3.05, 3.63) is 22.9 Å². The molecule has 0 spiro atoms. The first-order chi connectivity index (χ1) is 8.01. The highest BCUT2D eigenvalue weighted by Gasteiger charge is 2.20. The van der Waals surface area contributed by atoms with Crippen LogP contribution in [0.5, 0.6) is 0 Å². The molecule has 94 valence electrons. The number of anilines is 1. The normalized spacial score (nSPS) is 10.6. The van der Waals surface area contributed by atoms with Crippen LogP contribution in [-0.2, 0) is 10.1 Å². The summed E-state index contributed by atoms with van der Waals surface area (Å²) in [6, 6.07) is 1.27. The molecule has 0 amide bonds. The molecule has 0 aromatic carbocycles. The Bertz CT molecular complexity index is 427. The number of hydrogen-bond donors (Lipinski definition) is 1. The average molecular weight is 309 g/mol. The van der Waals surface area contributed by atoms with Gasteiger partial charge in [-0.3, -0.25) is 0 Å². The van der Waals surface area contributed by atoms with Crippen molar-refractivity contribution in [2.24, 2.45) is 0 Å². The Hall–Kier alpha value is -1.24. The molecule has 1 rings (SSSR count). The van der Waals surface area contributed by atoms with Crippen molar-refractivity contribution in [2.75, 3.05) is 12.3 Å². The molecule has 17 heavy (non-hydrogen) atoms. The minimum atomic E-state index is -2.74. The zero-order valence-corrected chi connectivity index (χ0v) is 10.6. The number of hydrogen-bond acceptors (Lipinski definition) is 4. The van der Waals surface area contributed by atoms with E-state index in [4.69, 9.17) is 10.5 Å². The monoisotopic (exact) mass is 308 g/mol. The first-order valence-corrected chi connectivity index (χ1v) is 5.93. The van der Waals surface area contributed by atoms with E-state index in [-0.39, 0.29) is 28.9 Å². The number of rotatable bonds is 4. The summed E-state index contributed by atoms with van der Waals surface area (Å²) in [7, 11) is 0. The van der Waals surface area contributed by atoms with Crippen LogP contribution in [0, 0.1) is 0 Å². The number of esters is 1. The van der Waals surface area contributed by atoms with Crippen LogP contribution in [0.2, 0.25) is 0 Å². The molecular formula is C10H11BrF2N2O2. The van der Waals surface area contributed by atoms with Crippen LogP contribution in [0.25, 0.3) is 0 Å². The minimum Gasteiger partial charge on any atom is -0.462 e. The second-order valence-electron chi connectivity index (χ2n) is 3.12. The zero-order valence-electron chi connectivity index (χ0n) is 9.04. The lowest BCUT2D eigenvalue weighted by atomic mass is 10.1. The first kappa shape index (κ1) is 13.8. The lowest BCUT2D eigenvalue weighted by Crippen LogP contribution is -2.12. The van der Waals surface area contributed by atoms with Gasteiger partial charge in [-0.15, -0.1) is 0 Å². The minimum absolute atomic E-state index is 0.00528. The Balaban J connectivity index is 3.22. The second kappa shape index (κ2) is 5.90. The quantitative estimate of drug-likeness (QED) is 0.686. The lowest BCUT2D eigenvalue weighted by Gasteiger charge is -2.10. The predicted molar refractivity (Wildman–Crippen MR) is 62.2 cm³/mol. The van der Waals surface area contributed by atoms with Crippen molar-refractivity contribution >= 4 is 27.7 Å². The van der Waals surface area contributed by atoms with E-state index in [0.717, 1.165) is 0 Å². The summed E-state index contributed by atoms with van der Waals surface area (Å²) >= 11 is 3.06. The molecule has 4 nitrogen and oxygen atoms in total. The molecule has 1 aromatic rings. The maximum atomic E-state index is 12.6. The van der Waals surface area contributed by atoms with Gasteiger partial charge in [0.25, 0.3) is 6.43 Å². The third kappa shape index (κ3) is 3.12. The van der Waals surface area contributed by atoms with Crippen LogP contribution in [-0.4, -0.2) is 17.6 Å². The van der Waals surface area contributed by atoms with Gasteiger partial charge in [-0.1, -0.05) is 15.9 Å². The largest absolute Gasteiger partial charge is 0.462 e. The van der Waals surface area contributed by atoms with E-state index < -0.39 is 18.1 Å². The van der Waals surface area contributed by atoms with Crippen molar-refractivity contribution in [2.45, 2.75) is 18.7 Å². The summed E-state index contributed by atoms with van der Waals surface area (Å²) in [5.74, 6) is -0.913. The second-order valence-corrected chi connectivity index (χ2v) is 3.68. The molecule has 0 saturated heterocycles. The first-order valence-electron chi connectivity index (χ1n) is 4.81. The number of nitrogens with zero attached hydrogens (tertiary/aromatic N) is 1. The maximum absolute atomic E-state index is 12.6. The molecule has 0 aliphatic rings. The van der Waals surface area contributed by atoms with Gasteiger partial charge in [0.15, 0.2) is 0 Å². The van der Waals surface area contributed by atoms with Crippen LogP contribution >= 0.6 is 15.9 Å². The summed E-state index contributed by atoms with van der Waals surface area (Å²) in [5.41, 5.74) is 5.25. The molecule has 0 aliphatic heterocycles. The fourth-order valence-corrected chi connectivity index (χ4v) is 1.70. The smallest absolute Gasteiger partial charge is 0.341 e. The van der Waals surface area contributed by atoms with Crippen molar-refractivity contribution < 1.29 is 18.3 Å². The summed E-state index contributed by atoms with van der Waals surface area (Å²) in [5, 5.41) is 0.159. The van der Waals surface area contributed by atoms with Gasteiger partial charge >= 0.3 is 5.97 Å². The van der Waals surface area contributed by atoms with E-state index in [1.54, 1.807) is 6.92 Å². The van der Waals surface area contributed by atoms with E-state index in [2.05, 4.69) is 20.9 Å². The standard InChI is InChI=1S/C10H11BrF2N2O2/c1-2-17-10(16)6-3-5(4-11)7(8(12)13)15-9(6)14/h3,8H,2,4H2,1H3,(H2,14,15). The van der Waals surface area contributed by atoms with E-state index in [0.29, 0.717) is 0 Å². The Kier molecular flexibility index (Phi) is 4.80. The SMILES string of the molecule is CCOC(=O)c1cc(CBr)c(C(F)F)nc1N. The Labute approximate surface area is 105 Å². The Morgan fingerprint density at radius 2 is 2.29 bits per heavy atom. The number of aromatic nitrogens is 1. The Morgan fingerprint density at radius 3 is 2.76 bits per heavy atom. The summed E-state index contributed by atoms with van der Waals surface area (Å²) in [6.07, 6.45) is -2.74. The number of halogens is 3. The van der Waals surface area contributed by atoms with E-state index in [9.17, 15) is 13.6 Å². The van der Waals surface area contributed by atoms with Crippen molar-refractivity contribution in [3.8, 4) is 0 Å². The summed E-state index contributed by atoms with van der Waals surface area (Å²) in [4.78, 5) is 15.0. The van der Waals surface area contributed by atoms with Crippen LogP contribution in [0.1, 0.15) is 35.0 Å². The molecule has 0 fully saturated rings. The highest BCUT2D eigenvalue weighted by Crippen LogP contribution is 2.26. The molecule has 7 heteroatoms. The molecule has 1 aromatic heterocycles. The number of ether oxygens (including phenoxy) is 1. The van der Waals surface area contributed by atoms with Gasteiger partial charge in [0.05, 0.1) is 6.61 Å². The van der Waals surface area contributed by atoms with Gasteiger partial charge in [-0.05, 0) is 18.6 Å². The topological polar surface area (TPSA) is 65.2 Å². The fourth-order valence-electron chi connectivity index (χ4n) is 1.25. The number of pyridine rings is 1. The van der Waals surface area contributed by atoms with Gasteiger partial charge in [0.1, 0.15) is 17.1 Å². The van der Waals surface area contributed by atoms with Gasteiger partial charge < -0.3 is 10.5 Å². The number of carbonyl (C=O) groups is 1. The summed E-state index contributed by atoms with van der Waals surface area (Å²) in [6.45, 7) is 1.82. The van der Waals surface area contributed by atoms with Crippen LogP contribution < -0.4 is 5.73 Å². The third-order valence-corrected chi connectivity index (χ3v) is 2.61. The van der Waals surface area contributed by atoms with Gasteiger partial charge in [0.2, 0.25) is 0 Å². The van der Waals surface area contributed by atoms with Gasteiger partial charge in [-0.25, -0.2) is 18.6 Å². The zero-order chi connectivity index (χ0) is 13.0. The average Bonchev–Trinajstić information content (AvgIpc) is 2.28. The molecule has 0 aliphatic carbocycles. The summed E-state index contributed by atoms with van der Waals surface area (Å²) < 4.78 is 30.0. The van der Waals surface area contributed by atoms with Crippen LogP contribution in [0.15, 0.2) is 6.07 Å². The molecule has 0 saturated carbocycles. The molecule has 0 atom stereocenters. The predicted octanol–water partition coefficient (Wildman–Crippen LogP) is 2.67. The van der Waals surface area contributed by atoms with Gasteiger partial charge in [0, 0.05) is 5.33 Å². The van der Waals surface area contributed by atoms with Crippen LogP contribution in [0.4, 0.5) is 14.6 Å². The molecule has 0 bridgehead atoms. The van der Waals surface area contributed by atoms with E-state index in [1.165, 1.54) is 6.07 Å².